The Balaban J connectivity index is 2.23. The molecule has 2 N–H and O–H groups in total. The first-order valence-electron chi connectivity index (χ1n) is 5.85. The number of thiocarbonyl (C=S) groups is 1. The third kappa shape index (κ3) is 2.59. The van der Waals surface area contributed by atoms with Crippen LogP contribution in [0, 0.1) is 5.92 Å². The van der Waals surface area contributed by atoms with E-state index in [0.717, 1.165) is 24.2 Å². The third-order valence-corrected chi connectivity index (χ3v) is 7.04. The van der Waals surface area contributed by atoms with E-state index < -0.39 is 10.0 Å². The summed E-state index contributed by atoms with van der Waals surface area (Å²) in [6.07, 6.45) is 1.97. The normalized spacial score (nSPS) is 21.3. The molecule has 0 spiro atoms. The highest BCUT2D eigenvalue weighted by Gasteiger charge is 2.32. The van der Waals surface area contributed by atoms with Gasteiger partial charge in [0, 0.05) is 13.1 Å². The number of nitrogens with zero attached hydrogens (tertiary/aromatic N) is 1. The Bertz CT molecular complexity index is 550. The number of hydrogen-bond donors (Lipinski definition) is 1. The quantitative estimate of drug-likeness (QED) is 0.862. The minimum atomic E-state index is -3.36. The van der Waals surface area contributed by atoms with E-state index in [9.17, 15) is 8.42 Å². The van der Waals surface area contributed by atoms with Gasteiger partial charge in [-0.3, -0.25) is 0 Å². The van der Waals surface area contributed by atoms with Crippen LogP contribution >= 0.6 is 23.6 Å². The second-order valence-electron chi connectivity index (χ2n) is 4.41. The van der Waals surface area contributed by atoms with Gasteiger partial charge in [0.1, 0.15) is 9.20 Å². The van der Waals surface area contributed by atoms with Crippen LogP contribution < -0.4 is 5.73 Å². The van der Waals surface area contributed by atoms with Gasteiger partial charge in [-0.2, -0.15) is 4.31 Å². The molecule has 4 nitrogen and oxygen atoms in total. The zero-order valence-corrected chi connectivity index (χ0v) is 12.6. The molecule has 1 aromatic rings. The Hall–Kier alpha value is -0.500. The zero-order chi connectivity index (χ0) is 13.3. The topological polar surface area (TPSA) is 63.4 Å². The van der Waals surface area contributed by atoms with Crippen molar-refractivity contribution in [2.24, 2.45) is 11.7 Å². The Morgan fingerprint density at radius 1 is 1.61 bits per heavy atom. The monoisotopic (exact) mass is 304 g/mol. The number of nitrogens with two attached hydrogens (primary N) is 1. The summed E-state index contributed by atoms with van der Waals surface area (Å²) in [4.78, 5) is 0.893. The number of thiophene rings is 1. The van der Waals surface area contributed by atoms with Crippen LogP contribution in [0.5, 0.6) is 0 Å². The van der Waals surface area contributed by atoms with Crippen LogP contribution in [0.4, 0.5) is 0 Å². The number of sulfonamides is 1. The lowest BCUT2D eigenvalue weighted by Crippen LogP contribution is -2.28. The van der Waals surface area contributed by atoms with Gasteiger partial charge in [0.05, 0.1) is 4.88 Å². The average molecular weight is 304 g/mol. The van der Waals surface area contributed by atoms with E-state index in [4.69, 9.17) is 18.0 Å². The van der Waals surface area contributed by atoms with Crippen molar-refractivity contribution in [3.63, 3.8) is 0 Å². The first-order valence-corrected chi connectivity index (χ1v) is 8.51. The SMILES string of the molecule is CCC1CCN(S(=O)(=O)c2ccc(C(N)=S)s2)C1. The molecule has 7 heteroatoms. The van der Waals surface area contributed by atoms with Gasteiger partial charge in [0.2, 0.25) is 0 Å². The molecule has 1 saturated heterocycles. The van der Waals surface area contributed by atoms with Crippen molar-refractivity contribution in [3.05, 3.63) is 17.0 Å². The predicted octanol–water partition coefficient (Wildman–Crippen LogP) is 1.80. The molecule has 0 bridgehead atoms. The van der Waals surface area contributed by atoms with Crippen molar-refractivity contribution in [1.82, 2.24) is 4.31 Å². The van der Waals surface area contributed by atoms with E-state index in [1.807, 2.05) is 0 Å². The second-order valence-corrected chi connectivity index (χ2v) is 8.10. The van der Waals surface area contributed by atoms with Crippen LogP contribution in [-0.4, -0.2) is 30.8 Å². The molecule has 18 heavy (non-hydrogen) atoms. The molecule has 0 amide bonds. The second kappa shape index (κ2) is 5.24. The lowest BCUT2D eigenvalue weighted by atomic mass is 10.1. The molecule has 1 aliphatic heterocycles. The molecular formula is C11H16N2O2S3. The molecule has 2 rings (SSSR count). The van der Waals surface area contributed by atoms with Crippen LogP contribution in [-0.2, 0) is 10.0 Å². The van der Waals surface area contributed by atoms with Crippen LogP contribution in [0.25, 0.3) is 0 Å². The lowest BCUT2D eigenvalue weighted by molar-refractivity contribution is 0.454. The summed E-state index contributed by atoms with van der Waals surface area (Å²) in [5, 5.41) is 0. The highest BCUT2D eigenvalue weighted by atomic mass is 32.2. The molecule has 1 atom stereocenters. The van der Waals surface area contributed by atoms with Crippen molar-refractivity contribution in [2.45, 2.75) is 24.0 Å². The highest BCUT2D eigenvalue weighted by molar-refractivity contribution is 7.91. The Morgan fingerprint density at radius 3 is 2.83 bits per heavy atom. The molecule has 0 radical (unpaired) electrons. The molecule has 1 aromatic heterocycles. The minimum Gasteiger partial charge on any atom is -0.389 e. The fourth-order valence-electron chi connectivity index (χ4n) is 2.07. The maximum Gasteiger partial charge on any atom is 0.252 e. The minimum absolute atomic E-state index is 0.245. The first kappa shape index (κ1) is 13.9. The molecule has 1 unspecified atom stereocenters. The van der Waals surface area contributed by atoms with Gasteiger partial charge in [-0.15, -0.1) is 11.3 Å². The van der Waals surface area contributed by atoms with E-state index in [1.165, 1.54) is 0 Å². The summed E-state index contributed by atoms with van der Waals surface area (Å²) >= 11 is 6.00. The largest absolute Gasteiger partial charge is 0.389 e. The van der Waals surface area contributed by atoms with E-state index in [0.29, 0.717) is 28.1 Å². The molecule has 1 aliphatic rings. The van der Waals surface area contributed by atoms with Gasteiger partial charge in [-0.25, -0.2) is 8.42 Å². The highest BCUT2D eigenvalue weighted by Crippen LogP contribution is 2.29. The molecular weight excluding hydrogens is 288 g/mol. The fraction of sp³-hybridized carbons (Fsp3) is 0.545. The molecule has 100 valence electrons. The van der Waals surface area contributed by atoms with Gasteiger partial charge in [-0.1, -0.05) is 25.6 Å². The van der Waals surface area contributed by atoms with E-state index >= 15 is 0 Å². The summed E-state index contributed by atoms with van der Waals surface area (Å²) < 4.78 is 26.7. The summed E-state index contributed by atoms with van der Waals surface area (Å²) in [5.74, 6) is 0.481. The zero-order valence-electron chi connectivity index (χ0n) is 10.1. The number of rotatable bonds is 4. The van der Waals surface area contributed by atoms with Crippen molar-refractivity contribution >= 4 is 38.6 Å². The van der Waals surface area contributed by atoms with Crippen molar-refractivity contribution < 1.29 is 8.42 Å². The standard InChI is InChI=1S/C11H16N2O2S3/c1-2-8-5-6-13(7-8)18(14,15)10-4-3-9(17-10)11(12)16/h3-4,8H,2,5-7H2,1H3,(H2,12,16). The predicted molar refractivity (Wildman–Crippen MR) is 77.4 cm³/mol. The Morgan fingerprint density at radius 2 is 2.33 bits per heavy atom. The Kier molecular flexibility index (Phi) is 4.05. The van der Waals surface area contributed by atoms with Crippen molar-refractivity contribution in [2.75, 3.05) is 13.1 Å². The van der Waals surface area contributed by atoms with Crippen LogP contribution in [0.3, 0.4) is 0 Å². The van der Waals surface area contributed by atoms with Gasteiger partial charge >= 0.3 is 0 Å². The molecule has 1 fully saturated rings. The van der Waals surface area contributed by atoms with Crippen LogP contribution in [0.15, 0.2) is 16.3 Å². The Labute approximate surface area is 117 Å². The van der Waals surface area contributed by atoms with Gasteiger partial charge in [0.15, 0.2) is 0 Å². The maximum absolute atomic E-state index is 12.4. The van der Waals surface area contributed by atoms with Crippen molar-refractivity contribution in [1.29, 1.82) is 0 Å². The van der Waals surface area contributed by atoms with E-state index in [1.54, 1.807) is 16.4 Å². The summed E-state index contributed by atoms with van der Waals surface area (Å²) in [5.41, 5.74) is 5.50. The summed E-state index contributed by atoms with van der Waals surface area (Å²) in [7, 11) is -3.36. The lowest BCUT2D eigenvalue weighted by Gasteiger charge is -2.14. The van der Waals surface area contributed by atoms with E-state index in [-0.39, 0.29) is 4.99 Å². The van der Waals surface area contributed by atoms with Crippen molar-refractivity contribution in [3.8, 4) is 0 Å². The van der Waals surface area contributed by atoms with Gasteiger partial charge in [-0.05, 0) is 24.5 Å². The van der Waals surface area contributed by atoms with Crippen LogP contribution in [0.2, 0.25) is 0 Å². The number of hydrogen-bond acceptors (Lipinski definition) is 4. The summed E-state index contributed by atoms with van der Waals surface area (Å²) in [6, 6.07) is 3.26. The fourth-order valence-corrected chi connectivity index (χ4v) is 5.10. The van der Waals surface area contributed by atoms with Gasteiger partial charge < -0.3 is 5.73 Å². The summed E-state index contributed by atoms with van der Waals surface area (Å²) in [6.45, 7) is 3.33. The average Bonchev–Trinajstić information content (AvgIpc) is 2.98. The molecule has 0 aromatic carbocycles. The van der Waals surface area contributed by atoms with Crippen LogP contribution in [0.1, 0.15) is 24.6 Å². The van der Waals surface area contributed by atoms with E-state index in [2.05, 4.69) is 6.92 Å². The molecule has 0 aliphatic carbocycles. The third-order valence-electron chi connectivity index (χ3n) is 3.24. The maximum atomic E-state index is 12.4. The van der Waals surface area contributed by atoms with Gasteiger partial charge in [0.25, 0.3) is 10.0 Å². The smallest absolute Gasteiger partial charge is 0.252 e. The first-order chi connectivity index (χ1) is 8.45. The molecule has 2 heterocycles. The molecule has 0 saturated carbocycles.